The maximum Gasteiger partial charge on any atom is 0.573 e. The molecule has 1 aromatic rings. The molecule has 0 spiro atoms. The number of alkyl halides is 6. The number of hydrogen-bond donors (Lipinski definition) is 1. The van der Waals surface area contributed by atoms with E-state index in [0.29, 0.717) is 0 Å². The lowest BCUT2D eigenvalue weighted by Gasteiger charge is -2.18. The van der Waals surface area contributed by atoms with Crippen molar-refractivity contribution in [2.75, 3.05) is 0 Å². The molecule has 0 aromatic carbocycles. The van der Waals surface area contributed by atoms with Crippen LogP contribution in [0, 0.1) is 0 Å². The standard InChI is InChI=1S/C8H5ClF6N2O3S/c9-21(18,19)6-3(1-16)17-2-4(20-8(13,14)15)5(6)7(10,11)12/h2H,1,16H2. The molecular weight excluding hydrogens is 354 g/mol. The molecule has 0 radical (unpaired) electrons. The SMILES string of the molecule is NCc1ncc(OC(F)(F)F)c(C(F)(F)F)c1S(=O)(=O)Cl. The molecule has 21 heavy (non-hydrogen) atoms. The maximum absolute atomic E-state index is 12.9. The van der Waals surface area contributed by atoms with Crippen LogP contribution in [-0.2, 0) is 21.8 Å². The Morgan fingerprint density at radius 2 is 1.76 bits per heavy atom. The molecular formula is C8H5ClF6N2O3S. The first-order valence-corrected chi connectivity index (χ1v) is 7.08. The van der Waals surface area contributed by atoms with E-state index in [0.717, 1.165) is 0 Å². The fraction of sp³-hybridized carbons (Fsp3) is 0.375. The highest BCUT2D eigenvalue weighted by atomic mass is 35.7. The minimum atomic E-state index is -5.50. The molecule has 5 nitrogen and oxygen atoms in total. The van der Waals surface area contributed by atoms with Gasteiger partial charge in [0.2, 0.25) is 0 Å². The summed E-state index contributed by atoms with van der Waals surface area (Å²) in [4.78, 5) is 1.44. The van der Waals surface area contributed by atoms with Crippen LogP contribution in [0.25, 0.3) is 0 Å². The number of pyridine rings is 1. The van der Waals surface area contributed by atoms with Crippen molar-refractivity contribution in [2.45, 2.75) is 24.0 Å². The molecule has 0 atom stereocenters. The molecule has 120 valence electrons. The Hall–Kier alpha value is -1.27. The number of ether oxygens (including phenoxy) is 1. The number of hydrogen-bond acceptors (Lipinski definition) is 5. The molecule has 1 aromatic heterocycles. The summed E-state index contributed by atoms with van der Waals surface area (Å²) in [5.74, 6) is -1.84. The van der Waals surface area contributed by atoms with E-state index in [-0.39, 0.29) is 6.20 Å². The number of rotatable bonds is 3. The van der Waals surface area contributed by atoms with E-state index >= 15 is 0 Å². The van der Waals surface area contributed by atoms with Crippen LogP contribution < -0.4 is 10.5 Å². The first kappa shape index (κ1) is 17.8. The van der Waals surface area contributed by atoms with Crippen molar-refractivity contribution in [3.05, 3.63) is 17.5 Å². The van der Waals surface area contributed by atoms with Gasteiger partial charge in [-0.2, -0.15) is 13.2 Å². The molecule has 0 bridgehead atoms. The fourth-order valence-corrected chi connectivity index (χ4v) is 2.77. The Morgan fingerprint density at radius 3 is 2.10 bits per heavy atom. The topological polar surface area (TPSA) is 82.3 Å². The van der Waals surface area contributed by atoms with E-state index < -0.39 is 50.0 Å². The molecule has 0 aliphatic heterocycles. The summed E-state index contributed by atoms with van der Waals surface area (Å²) in [6.45, 7) is -0.795. The van der Waals surface area contributed by atoms with Gasteiger partial charge in [0.1, 0.15) is 10.5 Å². The average Bonchev–Trinajstić information content (AvgIpc) is 2.23. The first-order valence-electron chi connectivity index (χ1n) is 4.77. The van der Waals surface area contributed by atoms with E-state index in [1.165, 1.54) is 0 Å². The van der Waals surface area contributed by atoms with Crippen molar-refractivity contribution in [3.63, 3.8) is 0 Å². The van der Waals surface area contributed by atoms with Gasteiger partial charge >= 0.3 is 12.5 Å². The molecule has 0 saturated heterocycles. The van der Waals surface area contributed by atoms with Crippen LogP contribution in [-0.4, -0.2) is 19.8 Å². The molecule has 0 saturated carbocycles. The van der Waals surface area contributed by atoms with Gasteiger partial charge in [0.05, 0.1) is 11.9 Å². The molecule has 0 amide bonds. The number of nitrogens with two attached hydrogens (primary N) is 1. The quantitative estimate of drug-likeness (QED) is 0.662. The number of halogens is 7. The highest BCUT2D eigenvalue weighted by molar-refractivity contribution is 8.13. The lowest BCUT2D eigenvalue weighted by Crippen LogP contribution is -2.23. The van der Waals surface area contributed by atoms with Crippen LogP contribution in [0.15, 0.2) is 11.1 Å². The lowest BCUT2D eigenvalue weighted by molar-refractivity contribution is -0.276. The average molecular weight is 359 g/mol. The van der Waals surface area contributed by atoms with Crippen molar-refractivity contribution in [2.24, 2.45) is 5.73 Å². The molecule has 1 heterocycles. The molecule has 0 fully saturated rings. The third-order valence-electron chi connectivity index (χ3n) is 2.02. The van der Waals surface area contributed by atoms with Crippen LogP contribution >= 0.6 is 10.7 Å². The van der Waals surface area contributed by atoms with Crippen molar-refractivity contribution < 1.29 is 39.5 Å². The van der Waals surface area contributed by atoms with Gasteiger partial charge in [-0.15, -0.1) is 13.2 Å². The van der Waals surface area contributed by atoms with Crippen molar-refractivity contribution in [1.82, 2.24) is 4.98 Å². The smallest absolute Gasteiger partial charge is 0.403 e. The van der Waals surface area contributed by atoms with E-state index in [4.69, 9.17) is 16.4 Å². The zero-order valence-electron chi connectivity index (χ0n) is 9.59. The minimum absolute atomic E-state index is 0.0735. The van der Waals surface area contributed by atoms with Gasteiger partial charge in [0.15, 0.2) is 5.75 Å². The Kier molecular flexibility index (Phi) is 4.65. The number of aromatic nitrogens is 1. The summed E-state index contributed by atoms with van der Waals surface area (Å²) in [6.07, 6.45) is -10.9. The van der Waals surface area contributed by atoms with Crippen LogP contribution in [0.3, 0.4) is 0 Å². The van der Waals surface area contributed by atoms with Crippen molar-refractivity contribution in [3.8, 4) is 5.75 Å². The summed E-state index contributed by atoms with van der Waals surface area (Å²) >= 11 is 0. The number of nitrogens with zero attached hydrogens (tertiary/aromatic N) is 1. The largest absolute Gasteiger partial charge is 0.573 e. The van der Waals surface area contributed by atoms with Crippen LogP contribution in [0.2, 0.25) is 0 Å². The van der Waals surface area contributed by atoms with Gasteiger partial charge in [0.25, 0.3) is 9.05 Å². The maximum atomic E-state index is 12.9. The normalized spacial score (nSPS) is 13.3. The summed E-state index contributed by atoms with van der Waals surface area (Å²) in [5.41, 5.74) is 1.96. The van der Waals surface area contributed by atoms with Crippen molar-refractivity contribution in [1.29, 1.82) is 0 Å². The van der Waals surface area contributed by atoms with E-state index in [9.17, 15) is 34.8 Å². The highest BCUT2D eigenvalue weighted by Gasteiger charge is 2.45. The monoisotopic (exact) mass is 358 g/mol. The van der Waals surface area contributed by atoms with Gasteiger partial charge in [-0.1, -0.05) is 0 Å². The highest BCUT2D eigenvalue weighted by Crippen LogP contribution is 2.43. The molecule has 0 aliphatic rings. The van der Waals surface area contributed by atoms with Gasteiger partial charge in [0, 0.05) is 17.2 Å². The molecule has 0 aliphatic carbocycles. The van der Waals surface area contributed by atoms with Gasteiger partial charge < -0.3 is 10.5 Å². The second-order valence-corrected chi connectivity index (χ2v) is 5.96. The summed E-state index contributed by atoms with van der Waals surface area (Å²) in [7, 11) is -0.238. The molecule has 1 rings (SSSR count). The summed E-state index contributed by atoms with van der Waals surface area (Å²) in [5, 5.41) is 0. The molecule has 2 N–H and O–H groups in total. The van der Waals surface area contributed by atoms with Crippen molar-refractivity contribution >= 4 is 19.7 Å². The zero-order valence-corrected chi connectivity index (χ0v) is 11.2. The second-order valence-electron chi connectivity index (χ2n) is 3.46. The third kappa shape index (κ3) is 4.35. The van der Waals surface area contributed by atoms with Crippen LogP contribution in [0.1, 0.15) is 11.3 Å². The Balaban J connectivity index is 3.78. The molecule has 0 unspecified atom stereocenters. The predicted octanol–water partition coefficient (Wildman–Crippen LogP) is 2.39. The Labute approximate surface area is 118 Å². The Morgan fingerprint density at radius 1 is 1.24 bits per heavy atom. The zero-order chi connectivity index (χ0) is 16.6. The van der Waals surface area contributed by atoms with Crippen LogP contribution in [0.5, 0.6) is 5.75 Å². The van der Waals surface area contributed by atoms with E-state index in [1.54, 1.807) is 0 Å². The van der Waals surface area contributed by atoms with Gasteiger partial charge in [-0.05, 0) is 0 Å². The predicted molar refractivity (Wildman–Crippen MR) is 56.9 cm³/mol. The van der Waals surface area contributed by atoms with Crippen LogP contribution in [0.4, 0.5) is 26.3 Å². The molecule has 13 heteroatoms. The lowest BCUT2D eigenvalue weighted by atomic mass is 10.2. The fourth-order valence-electron chi connectivity index (χ4n) is 1.39. The van der Waals surface area contributed by atoms with Gasteiger partial charge in [-0.3, -0.25) is 4.98 Å². The van der Waals surface area contributed by atoms with E-state index in [1.807, 2.05) is 0 Å². The second kappa shape index (κ2) is 5.50. The summed E-state index contributed by atoms with van der Waals surface area (Å²) < 4.78 is 101. The third-order valence-corrected chi connectivity index (χ3v) is 3.41. The first-order chi connectivity index (χ1) is 9.27. The van der Waals surface area contributed by atoms with E-state index in [2.05, 4.69) is 9.72 Å². The summed E-state index contributed by atoms with van der Waals surface area (Å²) in [6, 6.07) is 0. The minimum Gasteiger partial charge on any atom is -0.403 e. The van der Waals surface area contributed by atoms with Gasteiger partial charge in [-0.25, -0.2) is 8.42 Å². The Bertz CT molecular complexity index is 643.